The molecule has 0 atom stereocenters. The number of fused-ring (bicyclic) bond motifs is 2. The number of para-hydroxylation sites is 2. The van der Waals surface area contributed by atoms with Crippen LogP contribution in [0.3, 0.4) is 0 Å². The molecular formula is C25H19N5O. The molecule has 2 N–H and O–H groups in total. The van der Waals surface area contributed by atoms with E-state index in [0.717, 1.165) is 38.6 Å². The average Bonchev–Trinajstić information content (AvgIpc) is 3.26. The van der Waals surface area contributed by atoms with Gasteiger partial charge in [0, 0.05) is 46.0 Å². The predicted molar refractivity (Wildman–Crippen MR) is 123 cm³/mol. The lowest BCUT2D eigenvalue weighted by molar-refractivity contribution is 0.0956. The molecule has 0 fully saturated rings. The zero-order valence-electron chi connectivity index (χ0n) is 16.8. The first kappa shape index (κ1) is 18.7. The minimum Gasteiger partial charge on any atom is -0.360 e. The van der Waals surface area contributed by atoms with Gasteiger partial charge in [0.2, 0.25) is 0 Å². The minimum absolute atomic E-state index is 0.289. The number of hydrogen-bond acceptors (Lipinski definition) is 4. The summed E-state index contributed by atoms with van der Waals surface area (Å²) in [5.74, 6) is -0.289. The molecule has 6 nitrogen and oxygen atoms in total. The minimum atomic E-state index is -0.289. The number of amides is 1. The summed E-state index contributed by atoms with van der Waals surface area (Å²) in [4.78, 5) is 25.2. The summed E-state index contributed by atoms with van der Waals surface area (Å²) in [7, 11) is 0. The van der Waals surface area contributed by atoms with Crippen molar-refractivity contribution in [3.8, 4) is 11.3 Å². The van der Waals surface area contributed by atoms with Gasteiger partial charge in [-0.15, -0.1) is 0 Å². The Kier molecular flexibility index (Phi) is 4.72. The Hall–Kier alpha value is -4.32. The van der Waals surface area contributed by atoms with Crippen molar-refractivity contribution >= 4 is 33.4 Å². The maximum absolute atomic E-state index is 13.1. The summed E-state index contributed by atoms with van der Waals surface area (Å²) in [6.45, 7) is 1.88. The number of hydrogen-bond donors (Lipinski definition) is 2. The quantitative estimate of drug-likeness (QED) is 0.328. The molecule has 0 aliphatic rings. The Morgan fingerprint density at radius 2 is 1.77 bits per heavy atom. The van der Waals surface area contributed by atoms with Crippen molar-refractivity contribution in [1.82, 2.24) is 20.4 Å². The molecule has 0 radical (unpaired) electrons. The fourth-order valence-corrected chi connectivity index (χ4v) is 3.65. The summed E-state index contributed by atoms with van der Waals surface area (Å²) in [5, 5.41) is 6.20. The van der Waals surface area contributed by atoms with E-state index in [9.17, 15) is 4.79 Å². The van der Waals surface area contributed by atoms with Gasteiger partial charge in [0.1, 0.15) is 0 Å². The van der Waals surface area contributed by atoms with E-state index in [2.05, 4.69) is 20.5 Å². The number of carbonyl (C=O) groups is 1. The van der Waals surface area contributed by atoms with Gasteiger partial charge < -0.3 is 4.98 Å². The maximum atomic E-state index is 13.1. The summed E-state index contributed by atoms with van der Waals surface area (Å²) in [5.41, 5.74) is 8.20. The van der Waals surface area contributed by atoms with Crippen LogP contribution < -0.4 is 5.43 Å². The van der Waals surface area contributed by atoms with E-state index in [1.165, 1.54) is 0 Å². The zero-order chi connectivity index (χ0) is 21.2. The van der Waals surface area contributed by atoms with Crippen molar-refractivity contribution in [2.75, 3.05) is 0 Å². The van der Waals surface area contributed by atoms with Gasteiger partial charge >= 0.3 is 0 Å². The second-order valence-electron chi connectivity index (χ2n) is 7.20. The third-order valence-electron chi connectivity index (χ3n) is 5.22. The number of carbonyl (C=O) groups excluding carboxylic acids is 1. The molecule has 0 saturated heterocycles. The van der Waals surface area contributed by atoms with Gasteiger partial charge in [-0.1, -0.05) is 36.4 Å². The van der Waals surface area contributed by atoms with Crippen LogP contribution in [0.15, 0.2) is 90.4 Å². The number of pyridine rings is 2. The molecule has 150 valence electrons. The molecular weight excluding hydrogens is 386 g/mol. The van der Waals surface area contributed by atoms with Crippen LogP contribution in [0.4, 0.5) is 0 Å². The van der Waals surface area contributed by atoms with Gasteiger partial charge in [-0.05, 0) is 37.3 Å². The number of aromatic amines is 1. The normalized spacial score (nSPS) is 11.7. The molecule has 3 aromatic heterocycles. The molecule has 5 rings (SSSR count). The van der Waals surface area contributed by atoms with Crippen LogP contribution in [-0.2, 0) is 0 Å². The second-order valence-corrected chi connectivity index (χ2v) is 7.20. The fourth-order valence-electron chi connectivity index (χ4n) is 3.65. The number of aromatic nitrogens is 3. The zero-order valence-corrected chi connectivity index (χ0v) is 16.8. The van der Waals surface area contributed by atoms with Gasteiger partial charge in [-0.25, -0.2) is 10.4 Å². The maximum Gasteiger partial charge on any atom is 0.272 e. The first-order valence-corrected chi connectivity index (χ1v) is 9.92. The highest BCUT2D eigenvalue weighted by atomic mass is 16.2. The molecule has 0 aliphatic heterocycles. The Morgan fingerprint density at radius 1 is 0.968 bits per heavy atom. The van der Waals surface area contributed by atoms with Crippen molar-refractivity contribution < 1.29 is 4.79 Å². The topological polar surface area (TPSA) is 83.0 Å². The Labute approximate surface area is 178 Å². The highest BCUT2D eigenvalue weighted by Crippen LogP contribution is 2.24. The monoisotopic (exact) mass is 405 g/mol. The molecule has 0 aliphatic carbocycles. The number of nitrogens with zero attached hydrogens (tertiary/aromatic N) is 3. The van der Waals surface area contributed by atoms with Gasteiger partial charge in [-0.3, -0.25) is 9.78 Å². The lowest BCUT2D eigenvalue weighted by atomic mass is 10.0. The first-order chi connectivity index (χ1) is 15.2. The van der Waals surface area contributed by atoms with Gasteiger partial charge in [0.25, 0.3) is 5.91 Å². The van der Waals surface area contributed by atoms with Crippen molar-refractivity contribution in [2.24, 2.45) is 5.10 Å². The predicted octanol–water partition coefficient (Wildman–Crippen LogP) is 4.93. The largest absolute Gasteiger partial charge is 0.360 e. The Morgan fingerprint density at radius 3 is 2.61 bits per heavy atom. The van der Waals surface area contributed by atoms with Crippen LogP contribution in [-0.4, -0.2) is 26.6 Å². The standard InChI is InChI=1S/C25H19N5O/c1-16(21-15-27-22-10-4-2-9-19(21)22)29-30-25(31)20-13-24(17-7-6-12-26-14-17)28-23-11-5-3-8-18(20)23/h2-15,27H,1H3,(H,30,31). The Bertz CT molecular complexity index is 1440. The van der Waals surface area contributed by atoms with E-state index in [1.807, 2.05) is 73.8 Å². The molecule has 1 amide bonds. The number of rotatable bonds is 4. The van der Waals surface area contributed by atoms with Crippen LogP contribution in [0.1, 0.15) is 22.8 Å². The molecule has 31 heavy (non-hydrogen) atoms. The first-order valence-electron chi connectivity index (χ1n) is 9.92. The third kappa shape index (κ3) is 3.55. The van der Waals surface area contributed by atoms with Crippen LogP contribution >= 0.6 is 0 Å². The molecule has 0 saturated carbocycles. The van der Waals surface area contributed by atoms with Gasteiger partial charge in [0.05, 0.1) is 22.5 Å². The van der Waals surface area contributed by atoms with Crippen molar-refractivity contribution in [3.05, 3.63) is 96.4 Å². The van der Waals surface area contributed by atoms with Crippen LogP contribution in [0, 0.1) is 0 Å². The highest BCUT2D eigenvalue weighted by Gasteiger charge is 2.14. The van der Waals surface area contributed by atoms with E-state index in [0.29, 0.717) is 11.3 Å². The summed E-state index contributed by atoms with van der Waals surface area (Å²) in [6, 6.07) is 21.1. The van der Waals surface area contributed by atoms with Crippen molar-refractivity contribution in [1.29, 1.82) is 0 Å². The molecule has 5 aromatic rings. The lowest BCUT2D eigenvalue weighted by Gasteiger charge is -2.09. The molecule has 0 unspecified atom stereocenters. The number of H-pyrrole nitrogens is 1. The van der Waals surface area contributed by atoms with E-state index in [4.69, 9.17) is 4.98 Å². The van der Waals surface area contributed by atoms with Crippen molar-refractivity contribution in [2.45, 2.75) is 6.92 Å². The molecule has 0 spiro atoms. The summed E-state index contributed by atoms with van der Waals surface area (Å²) < 4.78 is 0. The third-order valence-corrected chi connectivity index (χ3v) is 5.22. The average molecular weight is 405 g/mol. The Balaban J connectivity index is 1.51. The number of nitrogens with one attached hydrogen (secondary N) is 2. The highest BCUT2D eigenvalue weighted by molar-refractivity contribution is 6.11. The van der Waals surface area contributed by atoms with E-state index in [-0.39, 0.29) is 5.91 Å². The molecule has 0 bridgehead atoms. The number of hydrazone groups is 1. The van der Waals surface area contributed by atoms with Crippen LogP contribution in [0.2, 0.25) is 0 Å². The summed E-state index contributed by atoms with van der Waals surface area (Å²) >= 11 is 0. The van der Waals surface area contributed by atoms with Crippen LogP contribution in [0.5, 0.6) is 0 Å². The SMILES string of the molecule is CC(=NNC(=O)c1cc(-c2cccnc2)nc2ccccc12)c1c[nH]c2ccccc12. The fraction of sp³-hybridized carbons (Fsp3) is 0.0400. The lowest BCUT2D eigenvalue weighted by Crippen LogP contribution is -2.20. The smallest absolute Gasteiger partial charge is 0.272 e. The van der Waals surface area contributed by atoms with E-state index >= 15 is 0 Å². The van der Waals surface area contributed by atoms with Crippen molar-refractivity contribution in [3.63, 3.8) is 0 Å². The van der Waals surface area contributed by atoms with E-state index < -0.39 is 0 Å². The van der Waals surface area contributed by atoms with Gasteiger partial charge in [0.15, 0.2) is 0 Å². The van der Waals surface area contributed by atoms with Gasteiger partial charge in [-0.2, -0.15) is 5.10 Å². The summed E-state index contributed by atoms with van der Waals surface area (Å²) in [6.07, 6.45) is 5.34. The molecule has 3 heterocycles. The molecule has 6 heteroatoms. The van der Waals surface area contributed by atoms with E-state index in [1.54, 1.807) is 18.5 Å². The van der Waals surface area contributed by atoms with Crippen LogP contribution in [0.25, 0.3) is 33.1 Å². The molecule has 2 aromatic carbocycles. The second kappa shape index (κ2) is 7.84. The number of benzene rings is 2.